The van der Waals surface area contributed by atoms with E-state index < -0.39 is 17.4 Å². The van der Waals surface area contributed by atoms with Gasteiger partial charge in [0.1, 0.15) is 10.6 Å². The normalized spacial score (nSPS) is 12.4. The van der Waals surface area contributed by atoms with Crippen LogP contribution in [0.2, 0.25) is 10.0 Å². The molecule has 0 radical (unpaired) electrons. The van der Waals surface area contributed by atoms with E-state index in [0.717, 1.165) is 0 Å². The molecule has 130 valence electrons. The summed E-state index contributed by atoms with van der Waals surface area (Å²) >= 11 is 12.3. The van der Waals surface area contributed by atoms with E-state index in [4.69, 9.17) is 37.7 Å². The maximum Gasteiger partial charge on any atom is 0.339 e. The second kappa shape index (κ2) is 6.24. The zero-order chi connectivity index (χ0) is 18.4. The first kappa shape index (κ1) is 17.6. The number of ether oxygens (including phenoxy) is 1. The number of carbonyl (C=O) groups is 2. The molecule has 0 amide bonds. The van der Waals surface area contributed by atoms with Crippen LogP contribution in [0.25, 0.3) is 0 Å². The van der Waals surface area contributed by atoms with Crippen LogP contribution < -0.4 is 9.78 Å². The SMILES string of the molecule is CC(C)(C)OC(=O)c1cccc(Cl)c1C(=O)c1ccc2c(Cl)c1OO2. The number of hydrogen-bond acceptors (Lipinski definition) is 5. The lowest BCUT2D eigenvalue weighted by Gasteiger charge is -2.20. The minimum absolute atomic E-state index is 0.0222. The van der Waals surface area contributed by atoms with Gasteiger partial charge in [-0.05, 0) is 45.0 Å². The fourth-order valence-corrected chi connectivity index (χ4v) is 2.83. The minimum atomic E-state index is -0.713. The third kappa shape index (κ3) is 3.30. The summed E-state index contributed by atoms with van der Waals surface area (Å²) in [7, 11) is 0. The Labute approximate surface area is 154 Å². The van der Waals surface area contributed by atoms with Gasteiger partial charge in [0.05, 0.1) is 21.7 Å². The first-order valence-electron chi connectivity index (χ1n) is 7.42. The highest BCUT2D eigenvalue weighted by atomic mass is 35.5. The number of rotatable bonds is 3. The van der Waals surface area contributed by atoms with E-state index in [-0.39, 0.29) is 32.5 Å². The molecule has 25 heavy (non-hydrogen) atoms. The van der Waals surface area contributed by atoms with E-state index in [1.807, 2.05) is 0 Å². The van der Waals surface area contributed by atoms with Crippen molar-refractivity contribution in [3.05, 3.63) is 57.1 Å². The van der Waals surface area contributed by atoms with Gasteiger partial charge in [-0.15, -0.1) is 0 Å². The van der Waals surface area contributed by atoms with Gasteiger partial charge in [-0.25, -0.2) is 4.79 Å². The second-order valence-electron chi connectivity index (χ2n) is 6.41. The molecular formula is C18H14Cl2O5. The Morgan fingerprint density at radius 3 is 2.40 bits per heavy atom. The van der Waals surface area contributed by atoms with Gasteiger partial charge in [-0.2, -0.15) is 0 Å². The van der Waals surface area contributed by atoms with Crippen molar-refractivity contribution in [2.24, 2.45) is 0 Å². The summed E-state index contributed by atoms with van der Waals surface area (Å²) in [5.41, 5.74) is -0.479. The van der Waals surface area contributed by atoms with Crippen LogP contribution in [0.3, 0.4) is 0 Å². The standard InChI is InChI=1S/C18H14Cl2O5/c1-18(2,3)23-17(22)9-5-4-6-11(19)13(9)15(21)10-7-8-12-14(20)16(10)25-24-12/h4-8H,1-3H3. The molecule has 0 fully saturated rings. The Balaban J connectivity index is 2.08. The van der Waals surface area contributed by atoms with Crippen molar-refractivity contribution < 1.29 is 24.1 Å². The number of carbonyl (C=O) groups excluding carboxylic acids is 2. The summed E-state index contributed by atoms with van der Waals surface area (Å²) in [5, 5.41) is 0.316. The first-order valence-corrected chi connectivity index (χ1v) is 8.18. The molecule has 5 nitrogen and oxygen atoms in total. The third-order valence-electron chi connectivity index (χ3n) is 3.38. The molecule has 2 aromatic rings. The van der Waals surface area contributed by atoms with Gasteiger partial charge in [-0.3, -0.25) is 14.6 Å². The fraction of sp³-hybridized carbons (Fsp3) is 0.222. The van der Waals surface area contributed by atoms with E-state index in [9.17, 15) is 9.59 Å². The van der Waals surface area contributed by atoms with Gasteiger partial charge in [0.25, 0.3) is 0 Å². The molecule has 0 aromatic heterocycles. The summed E-state index contributed by atoms with van der Waals surface area (Å²) in [6.45, 7) is 5.21. The molecule has 0 N–H and O–H groups in total. The highest BCUT2D eigenvalue weighted by Crippen LogP contribution is 2.43. The van der Waals surface area contributed by atoms with Crippen LogP contribution in [0.5, 0.6) is 11.5 Å². The minimum Gasteiger partial charge on any atom is -0.456 e. The van der Waals surface area contributed by atoms with Gasteiger partial charge >= 0.3 is 5.97 Å². The highest BCUT2D eigenvalue weighted by molar-refractivity contribution is 6.37. The number of halogens is 2. The van der Waals surface area contributed by atoms with Gasteiger partial charge in [-0.1, -0.05) is 29.3 Å². The Morgan fingerprint density at radius 2 is 1.72 bits per heavy atom. The Bertz CT molecular complexity index is 884. The number of benzene rings is 2. The molecule has 1 aliphatic heterocycles. The number of esters is 1. The Hall–Kier alpha value is -2.24. The molecule has 0 aliphatic carbocycles. The smallest absolute Gasteiger partial charge is 0.339 e. The Kier molecular flexibility index (Phi) is 4.39. The van der Waals surface area contributed by atoms with Gasteiger partial charge in [0.15, 0.2) is 5.78 Å². The highest BCUT2D eigenvalue weighted by Gasteiger charge is 2.31. The van der Waals surface area contributed by atoms with Gasteiger partial charge in [0, 0.05) is 0 Å². The summed E-state index contributed by atoms with van der Waals surface area (Å²) < 4.78 is 5.36. The lowest BCUT2D eigenvalue weighted by atomic mass is 9.97. The van der Waals surface area contributed by atoms with Crippen LogP contribution in [-0.2, 0) is 4.74 Å². The first-order chi connectivity index (χ1) is 11.7. The summed E-state index contributed by atoms with van der Waals surface area (Å²) in [4.78, 5) is 35.4. The quantitative estimate of drug-likeness (QED) is 0.431. The van der Waals surface area contributed by atoms with Crippen molar-refractivity contribution in [2.45, 2.75) is 26.4 Å². The lowest BCUT2D eigenvalue weighted by Crippen LogP contribution is -2.25. The molecule has 1 aliphatic rings. The van der Waals surface area contributed by atoms with Crippen molar-refractivity contribution in [3.8, 4) is 11.5 Å². The topological polar surface area (TPSA) is 61.8 Å². The van der Waals surface area contributed by atoms with Crippen molar-refractivity contribution in [2.75, 3.05) is 0 Å². The summed E-state index contributed by atoms with van der Waals surface area (Å²) in [5.74, 6) is -0.742. The van der Waals surface area contributed by atoms with Crippen LogP contribution in [0.15, 0.2) is 30.3 Å². The largest absolute Gasteiger partial charge is 0.456 e. The van der Waals surface area contributed by atoms with Crippen LogP contribution in [-0.4, -0.2) is 17.4 Å². The maximum absolute atomic E-state index is 13.0. The summed E-state index contributed by atoms with van der Waals surface area (Å²) in [6, 6.07) is 7.60. The average Bonchev–Trinajstić information content (AvgIpc) is 2.75. The van der Waals surface area contributed by atoms with Crippen LogP contribution in [0.1, 0.15) is 47.1 Å². The monoisotopic (exact) mass is 380 g/mol. The molecular weight excluding hydrogens is 367 g/mol. The third-order valence-corrected chi connectivity index (χ3v) is 4.05. The van der Waals surface area contributed by atoms with Crippen LogP contribution in [0.4, 0.5) is 0 Å². The maximum atomic E-state index is 13.0. The van der Waals surface area contributed by atoms with Crippen molar-refractivity contribution >= 4 is 35.0 Å². The van der Waals surface area contributed by atoms with Crippen LogP contribution >= 0.6 is 23.2 Å². The van der Waals surface area contributed by atoms with Crippen molar-refractivity contribution in [1.29, 1.82) is 0 Å². The van der Waals surface area contributed by atoms with Crippen molar-refractivity contribution in [3.63, 3.8) is 0 Å². The molecule has 0 saturated carbocycles. The van der Waals surface area contributed by atoms with Gasteiger partial charge in [0.2, 0.25) is 11.5 Å². The molecule has 7 heteroatoms. The zero-order valence-corrected chi connectivity index (χ0v) is 15.2. The molecule has 0 atom stereocenters. The molecule has 2 bridgehead atoms. The van der Waals surface area contributed by atoms with E-state index in [1.165, 1.54) is 24.3 Å². The van der Waals surface area contributed by atoms with E-state index in [1.54, 1.807) is 26.8 Å². The summed E-state index contributed by atoms with van der Waals surface area (Å²) in [6.07, 6.45) is 0. The molecule has 3 rings (SSSR count). The fourth-order valence-electron chi connectivity index (χ4n) is 2.34. The lowest BCUT2D eigenvalue weighted by molar-refractivity contribution is -0.0849. The predicted octanol–water partition coefficient (Wildman–Crippen LogP) is 4.87. The number of hydrogen-bond donors (Lipinski definition) is 0. The van der Waals surface area contributed by atoms with Crippen LogP contribution in [0, 0.1) is 0 Å². The van der Waals surface area contributed by atoms with E-state index in [2.05, 4.69) is 0 Å². The molecule has 0 saturated heterocycles. The zero-order valence-electron chi connectivity index (χ0n) is 13.7. The second-order valence-corrected chi connectivity index (χ2v) is 7.20. The number of fused-ring (bicyclic) bond motifs is 2. The predicted molar refractivity (Wildman–Crippen MR) is 92.8 cm³/mol. The molecule has 2 aromatic carbocycles. The average molecular weight is 381 g/mol. The van der Waals surface area contributed by atoms with E-state index in [0.29, 0.717) is 5.75 Å². The van der Waals surface area contributed by atoms with Crippen molar-refractivity contribution in [1.82, 2.24) is 0 Å². The van der Waals surface area contributed by atoms with E-state index >= 15 is 0 Å². The van der Waals surface area contributed by atoms with Gasteiger partial charge < -0.3 is 4.74 Å². The number of ketones is 1. The molecule has 0 spiro atoms. The molecule has 0 unspecified atom stereocenters. The Morgan fingerprint density at radius 1 is 1.00 bits per heavy atom. The molecule has 1 heterocycles.